The predicted octanol–water partition coefficient (Wildman–Crippen LogP) is 3.16. The van der Waals surface area contributed by atoms with Gasteiger partial charge in [0.15, 0.2) is 0 Å². The summed E-state index contributed by atoms with van der Waals surface area (Å²) in [6.45, 7) is 2.28. The fraction of sp³-hybridized carbons (Fsp3) is 0.167. The molecule has 1 amide bonds. The Morgan fingerprint density at radius 2 is 1.88 bits per heavy atom. The minimum Gasteiger partial charge on any atom is -0.421 e. The summed E-state index contributed by atoms with van der Waals surface area (Å²) < 4.78 is 18.4. The molecule has 3 rings (SSSR count). The Morgan fingerprint density at radius 1 is 1.12 bits per heavy atom. The molecule has 5 nitrogen and oxygen atoms in total. The predicted molar refractivity (Wildman–Crippen MR) is 86.9 cm³/mol. The van der Waals surface area contributed by atoms with E-state index >= 15 is 0 Å². The highest BCUT2D eigenvalue weighted by Gasteiger charge is 2.11. The molecular formula is C18H16FN3O2. The number of benzene rings is 2. The molecule has 0 spiro atoms. The third-order valence-electron chi connectivity index (χ3n) is 3.57. The largest absolute Gasteiger partial charge is 0.421 e. The van der Waals surface area contributed by atoms with Gasteiger partial charge in [-0.2, -0.15) is 0 Å². The average molecular weight is 325 g/mol. The lowest BCUT2D eigenvalue weighted by molar-refractivity contribution is 0.0953. The summed E-state index contributed by atoms with van der Waals surface area (Å²) in [5.74, 6) is 0.290. The van der Waals surface area contributed by atoms with Crippen LogP contribution >= 0.6 is 0 Å². The van der Waals surface area contributed by atoms with Crippen LogP contribution in [0.5, 0.6) is 0 Å². The van der Waals surface area contributed by atoms with Gasteiger partial charge in [0.05, 0.1) is 0 Å². The van der Waals surface area contributed by atoms with Crippen LogP contribution in [0.3, 0.4) is 0 Å². The fourth-order valence-electron chi connectivity index (χ4n) is 2.27. The van der Waals surface area contributed by atoms with Gasteiger partial charge in [-0.15, -0.1) is 10.2 Å². The fourth-order valence-corrected chi connectivity index (χ4v) is 2.27. The molecule has 6 heteroatoms. The summed E-state index contributed by atoms with van der Waals surface area (Å²) in [6, 6.07) is 13.2. The zero-order valence-corrected chi connectivity index (χ0v) is 13.1. The summed E-state index contributed by atoms with van der Waals surface area (Å²) in [7, 11) is 0. The molecule has 0 radical (unpaired) electrons. The molecule has 122 valence electrons. The van der Waals surface area contributed by atoms with Crippen LogP contribution in [-0.4, -0.2) is 22.6 Å². The minimum atomic E-state index is -0.322. The SMILES string of the molecule is Cc1ccccc1C(=O)NCCc1nnc(-c2ccc(F)cc2)o1. The van der Waals surface area contributed by atoms with E-state index in [0.717, 1.165) is 5.56 Å². The molecule has 1 aromatic heterocycles. The van der Waals surface area contributed by atoms with E-state index < -0.39 is 0 Å². The van der Waals surface area contributed by atoms with Gasteiger partial charge in [0, 0.05) is 24.1 Å². The molecule has 24 heavy (non-hydrogen) atoms. The van der Waals surface area contributed by atoms with Crippen molar-refractivity contribution >= 4 is 5.91 Å². The van der Waals surface area contributed by atoms with E-state index in [1.807, 2.05) is 25.1 Å². The monoisotopic (exact) mass is 325 g/mol. The van der Waals surface area contributed by atoms with Crippen molar-refractivity contribution in [2.75, 3.05) is 6.54 Å². The summed E-state index contributed by atoms with van der Waals surface area (Å²) in [5.41, 5.74) is 2.22. The van der Waals surface area contributed by atoms with Gasteiger partial charge in [-0.25, -0.2) is 4.39 Å². The number of halogens is 1. The third kappa shape index (κ3) is 3.65. The first-order valence-electron chi connectivity index (χ1n) is 7.55. The average Bonchev–Trinajstić information content (AvgIpc) is 3.04. The van der Waals surface area contributed by atoms with E-state index in [-0.39, 0.29) is 11.7 Å². The van der Waals surface area contributed by atoms with Crippen molar-refractivity contribution in [3.8, 4) is 11.5 Å². The van der Waals surface area contributed by atoms with E-state index in [1.54, 1.807) is 18.2 Å². The summed E-state index contributed by atoms with van der Waals surface area (Å²) in [4.78, 5) is 12.1. The third-order valence-corrected chi connectivity index (χ3v) is 3.57. The van der Waals surface area contributed by atoms with Crippen LogP contribution in [0, 0.1) is 12.7 Å². The van der Waals surface area contributed by atoms with Gasteiger partial charge >= 0.3 is 0 Å². The Kier molecular flexibility index (Phi) is 4.65. The Labute approximate surface area is 138 Å². The molecule has 0 aliphatic heterocycles. The van der Waals surface area contributed by atoms with Gasteiger partial charge in [-0.1, -0.05) is 18.2 Å². The quantitative estimate of drug-likeness (QED) is 0.782. The van der Waals surface area contributed by atoms with Gasteiger partial charge in [0.1, 0.15) is 5.82 Å². The number of nitrogens with one attached hydrogen (secondary N) is 1. The van der Waals surface area contributed by atoms with Crippen LogP contribution in [-0.2, 0) is 6.42 Å². The summed E-state index contributed by atoms with van der Waals surface area (Å²) in [6.07, 6.45) is 0.422. The van der Waals surface area contributed by atoms with Gasteiger partial charge in [0.25, 0.3) is 5.91 Å². The maximum Gasteiger partial charge on any atom is 0.251 e. The Morgan fingerprint density at radius 3 is 2.62 bits per heavy atom. The van der Waals surface area contributed by atoms with Crippen molar-refractivity contribution < 1.29 is 13.6 Å². The van der Waals surface area contributed by atoms with Crippen molar-refractivity contribution in [3.05, 3.63) is 71.4 Å². The topological polar surface area (TPSA) is 68.0 Å². The lowest BCUT2D eigenvalue weighted by Crippen LogP contribution is -2.26. The number of nitrogens with zero attached hydrogens (tertiary/aromatic N) is 2. The second-order valence-electron chi connectivity index (χ2n) is 5.33. The van der Waals surface area contributed by atoms with Gasteiger partial charge < -0.3 is 9.73 Å². The Balaban J connectivity index is 1.57. The molecule has 0 saturated carbocycles. The van der Waals surface area contributed by atoms with Crippen LogP contribution in [0.2, 0.25) is 0 Å². The molecule has 2 aromatic carbocycles. The zero-order chi connectivity index (χ0) is 16.9. The van der Waals surface area contributed by atoms with Gasteiger partial charge in [0.2, 0.25) is 11.8 Å². The van der Waals surface area contributed by atoms with Gasteiger partial charge in [-0.3, -0.25) is 4.79 Å². The molecule has 0 unspecified atom stereocenters. The van der Waals surface area contributed by atoms with Crippen LogP contribution in [0.4, 0.5) is 4.39 Å². The molecule has 3 aromatic rings. The van der Waals surface area contributed by atoms with E-state index in [1.165, 1.54) is 12.1 Å². The van der Waals surface area contributed by atoms with Gasteiger partial charge in [-0.05, 0) is 42.8 Å². The molecular weight excluding hydrogens is 309 g/mol. The van der Waals surface area contributed by atoms with Crippen molar-refractivity contribution in [1.82, 2.24) is 15.5 Å². The maximum atomic E-state index is 12.9. The molecule has 0 atom stereocenters. The molecule has 1 heterocycles. The number of amides is 1. The first kappa shape index (κ1) is 15.9. The molecule has 0 fully saturated rings. The number of aryl methyl sites for hydroxylation is 1. The van der Waals surface area contributed by atoms with Crippen LogP contribution in [0.1, 0.15) is 21.8 Å². The van der Waals surface area contributed by atoms with E-state index in [0.29, 0.717) is 35.9 Å². The highest BCUT2D eigenvalue weighted by atomic mass is 19.1. The number of carbonyl (C=O) groups excluding carboxylic acids is 1. The number of rotatable bonds is 5. The highest BCUT2D eigenvalue weighted by Crippen LogP contribution is 2.18. The van der Waals surface area contributed by atoms with Crippen molar-refractivity contribution in [2.24, 2.45) is 0 Å². The summed E-state index contributed by atoms with van der Waals surface area (Å²) >= 11 is 0. The minimum absolute atomic E-state index is 0.133. The molecule has 0 aliphatic rings. The number of hydrogen-bond acceptors (Lipinski definition) is 4. The molecule has 1 N–H and O–H groups in total. The normalized spacial score (nSPS) is 10.6. The number of aromatic nitrogens is 2. The first-order valence-corrected chi connectivity index (χ1v) is 7.55. The standard InChI is InChI=1S/C18H16FN3O2/c1-12-4-2-3-5-15(12)17(23)20-11-10-16-21-22-18(24-16)13-6-8-14(19)9-7-13/h2-9H,10-11H2,1H3,(H,20,23). The van der Waals surface area contributed by atoms with Crippen LogP contribution < -0.4 is 5.32 Å². The number of hydrogen-bond donors (Lipinski definition) is 1. The van der Waals surface area contributed by atoms with Crippen molar-refractivity contribution in [3.63, 3.8) is 0 Å². The molecule has 0 aliphatic carbocycles. The Bertz CT molecular complexity index is 843. The van der Waals surface area contributed by atoms with E-state index in [9.17, 15) is 9.18 Å². The van der Waals surface area contributed by atoms with E-state index in [4.69, 9.17) is 4.42 Å². The van der Waals surface area contributed by atoms with E-state index in [2.05, 4.69) is 15.5 Å². The summed E-state index contributed by atoms with van der Waals surface area (Å²) in [5, 5.41) is 10.7. The molecule has 0 bridgehead atoms. The van der Waals surface area contributed by atoms with Crippen LogP contribution in [0.25, 0.3) is 11.5 Å². The second-order valence-corrected chi connectivity index (χ2v) is 5.33. The first-order chi connectivity index (χ1) is 11.6. The maximum absolute atomic E-state index is 12.9. The van der Waals surface area contributed by atoms with Crippen molar-refractivity contribution in [2.45, 2.75) is 13.3 Å². The lowest BCUT2D eigenvalue weighted by atomic mass is 10.1. The van der Waals surface area contributed by atoms with Crippen molar-refractivity contribution in [1.29, 1.82) is 0 Å². The Hall–Kier alpha value is -3.02. The zero-order valence-electron chi connectivity index (χ0n) is 13.1. The molecule has 0 saturated heterocycles. The second kappa shape index (κ2) is 7.04. The smallest absolute Gasteiger partial charge is 0.251 e. The lowest BCUT2D eigenvalue weighted by Gasteiger charge is -2.06. The number of carbonyl (C=O) groups is 1. The highest BCUT2D eigenvalue weighted by molar-refractivity contribution is 5.95. The van der Waals surface area contributed by atoms with Crippen LogP contribution in [0.15, 0.2) is 52.9 Å².